The van der Waals surface area contributed by atoms with E-state index in [0.29, 0.717) is 17.5 Å². The van der Waals surface area contributed by atoms with E-state index in [-0.39, 0.29) is 0 Å². The highest BCUT2D eigenvalue weighted by Gasteiger charge is 2.21. The molecule has 0 saturated heterocycles. The van der Waals surface area contributed by atoms with Crippen LogP contribution in [0.5, 0.6) is 0 Å². The zero-order valence-corrected chi connectivity index (χ0v) is 25.6. The van der Waals surface area contributed by atoms with Crippen molar-refractivity contribution in [2.24, 2.45) is 0 Å². The van der Waals surface area contributed by atoms with Crippen molar-refractivity contribution in [3.8, 4) is 45.3 Å². The second kappa shape index (κ2) is 10.5. The van der Waals surface area contributed by atoms with E-state index in [2.05, 4.69) is 72.8 Å². The Hall–Kier alpha value is -6.59. The summed E-state index contributed by atoms with van der Waals surface area (Å²) in [6.07, 6.45) is 0. The first-order valence-electron chi connectivity index (χ1n) is 15.9. The SMILES string of the molecule is c1ccc(-c2nc(-c3ccccc3)nc(-c3ccc4c(c3)oc3c5ccccc5cc(-c5cccc6oc7ccccc7c56)c43)n2)cc1. The van der Waals surface area contributed by atoms with Gasteiger partial charge in [-0.25, -0.2) is 15.0 Å². The third-order valence-corrected chi connectivity index (χ3v) is 9.11. The Morgan fingerprint density at radius 2 is 0.958 bits per heavy atom. The lowest BCUT2D eigenvalue weighted by Gasteiger charge is -2.09. The molecule has 0 saturated carbocycles. The van der Waals surface area contributed by atoms with E-state index in [1.165, 1.54) is 0 Å². The van der Waals surface area contributed by atoms with Crippen LogP contribution in [-0.2, 0) is 0 Å². The smallest absolute Gasteiger partial charge is 0.164 e. The van der Waals surface area contributed by atoms with Crippen molar-refractivity contribution in [3.05, 3.63) is 152 Å². The molecule has 0 N–H and O–H groups in total. The summed E-state index contributed by atoms with van der Waals surface area (Å²) >= 11 is 0. The summed E-state index contributed by atoms with van der Waals surface area (Å²) in [6, 6.07) is 51.5. The minimum absolute atomic E-state index is 0.588. The summed E-state index contributed by atoms with van der Waals surface area (Å²) in [5, 5.41) is 6.47. The lowest BCUT2D eigenvalue weighted by Crippen LogP contribution is -2.00. The van der Waals surface area contributed by atoms with Gasteiger partial charge in [0.15, 0.2) is 17.5 Å². The van der Waals surface area contributed by atoms with Gasteiger partial charge in [-0.3, -0.25) is 0 Å². The molecular weight excluding hydrogens is 590 g/mol. The van der Waals surface area contributed by atoms with Gasteiger partial charge in [-0.15, -0.1) is 0 Å². The third-order valence-electron chi connectivity index (χ3n) is 9.11. The Bertz CT molecular complexity index is 2780. The lowest BCUT2D eigenvalue weighted by atomic mass is 9.92. The van der Waals surface area contributed by atoms with Crippen molar-refractivity contribution in [1.29, 1.82) is 0 Å². The fourth-order valence-electron chi connectivity index (χ4n) is 6.90. The molecule has 0 radical (unpaired) electrons. The molecule has 0 aliphatic rings. The highest BCUT2D eigenvalue weighted by molar-refractivity contribution is 6.24. The molecule has 0 fully saturated rings. The van der Waals surface area contributed by atoms with Crippen molar-refractivity contribution < 1.29 is 8.83 Å². The molecule has 5 nitrogen and oxygen atoms in total. The van der Waals surface area contributed by atoms with Crippen LogP contribution in [0, 0.1) is 0 Å². The highest BCUT2D eigenvalue weighted by atomic mass is 16.3. The van der Waals surface area contributed by atoms with Gasteiger partial charge in [-0.05, 0) is 46.8 Å². The van der Waals surface area contributed by atoms with E-state index in [0.717, 1.165) is 82.5 Å². The summed E-state index contributed by atoms with van der Waals surface area (Å²) in [6.45, 7) is 0. The highest BCUT2D eigenvalue weighted by Crippen LogP contribution is 2.45. The molecule has 7 aromatic carbocycles. The summed E-state index contributed by atoms with van der Waals surface area (Å²) in [7, 11) is 0. The molecular formula is C43H25N3O2. The number of rotatable bonds is 4. The van der Waals surface area contributed by atoms with Gasteiger partial charge < -0.3 is 8.83 Å². The molecule has 5 heteroatoms. The van der Waals surface area contributed by atoms with E-state index >= 15 is 0 Å². The van der Waals surface area contributed by atoms with Crippen LogP contribution in [0.1, 0.15) is 0 Å². The second-order valence-electron chi connectivity index (χ2n) is 12.0. The van der Waals surface area contributed by atoms with Gasteiger partial charge in [0.05, 0.1) is 0 Å². The zero-order valence-electron chi connectivity index (χ0n) is 25.6. The van der Waals surface area contributed by atoms with Crippen molar-refractivity contribution >= 4 is 54.6 Å². The minimum atomic E-state index is 0.588. The summed E-state index contributed by atoms with van der Waals surface area (Å²) < 4.78 is 13.1. The Morgan fingerprint density at radius 3 is 1.71 bits per heavy atom. The second-order valence-corrected chi connectivity index (χ2v) is 12.0. The van der Waals surface area contributed by atoms with E-state index in [4.69, 9.17) is 23.8 Å². The molecule has 224 valence electrons. The van der Waals surface area contributed by atoms with E-state index in [1.54, 1.807) is 0 Å². The van der Waals surface area contributed by atoms with Gasteiger partial charge in [-0.2, -0.15) is 0 Å². The number of benzene rings is 7. The molecule has 10 aromatic rings. The van der Waals surface area contributed by atoms with Crippen LogP contribution >= 0.6 is 0 Å². The van der Waals surface area contributed by atoms with Crippen LogP contribution in [0.2, 0.25) is 0 Å². The third kappa shape index (κ3) is 4.15. The lowest BCUT2D eigenvalue weighted by molar-refractivity contribution is 0.669. The fraction of sp³-hybridized carbons (Fsp3) is 0. The van der Waals surface area contributed by atoms with Crippen molar-refractivity contribution in [2.75, 3.05) is 0 Å². The van der Waals surface area contributed by atoms with Crippen LogP contribution in [0.25, 0.3) is 99.9 Å². The molecule has 0 atom stereocenters. The molecule has 0 bridgehead atoms. The van der Waals surface area contributed by atoms with Gasteiger partial charge in [0.1, 0.15) is 22.3 Å². The van der Waals surface area contributed by atoms with Gasteiger partial charge in [0.25, 0.3) is 0 Å². The number of furan rings is 2. The Balaban J connectivity index is 1.23. The Labute approximate surface area is 274 Å². The van der Waals surface area contributed by atoms with Gasteiger partial charge >= 0.3 is 0 Å². The number of hydrogen-bond donors (Lipinski definition) is 0. The predicted molar refractivity (Wildman–Crippen MR) is 194 cm³/mol. The largest absolute Gasteiger partial charge is 0.456 e. The predicted octanol–water partition coefficient (Wildman–Crippen LogP) is 11.5. The first kappa shape index (κ1) is 26.6. The number of hydrogen-bond acceptors (Lipinski definition) is 5. The molecule has 3 aromatic heterocycles. The van der Waals surface area contributed by atoms with Crippen molar-refractivity contribution in [3.63, 3.8) is 0 Å². The van der Waals surface area contributed by atoms with Gasteiger partial charge in [-0.1, -0.05) is 121 Å². The normalized spacial score (nSPS) is 11.8. The van der Waals surface area contributed by atoms with Crippen LogP contribution in [0.4, 0.5) is 0 Å². The first-order valence-corrected chi connectivity index (χ1v) is 15.9. The number of para-hydroxylation sites is 1. The molecule has 0 amide bonds. The van der Waals surface area contributed by atoms with Crippen LogP contribution in [0.3, 0.4) is 0 Å². The zero-order chi connectivity index (χ0) is 31.6. The molecule has 48 heavy (non-hydrogen) atoms. The monoisotopic (exact) mass is 615 g/mol. The van der Waals surface area contributed by atoms with Crippen LogP contribution in [-0.4, -0.2) is 15.0 Å². The number of aromatic nitrogens is 3. The fourth-order valence-corrected chi connectivity index (χ4v) is 6.90. The molecule has 0 unspecified atom stereocenters. The molecule has 10 rings (SSSR count). The molecule has 0 aliphatic carbocycles. The molecule has 3 heterocycles. The van der Waals surface area contributed by atoms with Crippen molar-refractivity contribution in [2.45, 2.75) is 0 Å². The average Bonchev–Trinajstić information content (AvgIpc) is 3.74. The number of fused-ring (bicyclic) bond motifs is 8. The van der Waals surface area contributed by atoms with Crippen molar-refractivity contribution in [1.82, 2.24) is 15.0 Å². The maximum atomic E-state index is 6.81. The summed E-state index contributed by atoms with van der Waals surface area (Å²) in [4.78, 5) is 14.8. The maximum absolute atomic E-state index is 6.81. The summed E-state index contributed by atoms with van der Waals surface area (Å²) in [5.41, 5.74) is 8.29. The average molecular weight is 616 g/mol. The topological polar surface area (TPSA) is 65.0 Å². The van der Waals surface area contributed by atoms with E-state index in [1.807, 2.05) is 78.9 Å². The maximum Gasteiger partial charge on any atom is 0.164 e. The molecule has 0 aliphatic heterocycles. The van der Waals surface area contributed by atoms with Gasteiger partial charge in [0.2, 0.25) is 0 Å². The van der Waals surface area contributed by atoms with E-state index < -0.39 is 0 Å². The van der Waals surface area contributed by atoms with Crippen LogP contribution < -0.4 is 0 Å². The Kier molecular flexibility index (Phi) is 5.81. The molecule has 0 spiro atoms. The Morgan fingerprint density at radius 1 is 0.354 bits per heavy atom. The standard InChI is InChI=1S/C43H25N3O2/c1-3-12-26(13-4-1)41-44-42(27-14-5-2-6-15-27)46-43(45-41)29-22-23-33-37(25-29)48-40-30-17-8-7-16-28(30)24-34(39(33)40)31-19-11-21-36-38(31)32-18-9-10-20-35(32)47-36/h1-25H. The summed E-state index contributed by atoms with van der Waals surface area (Å²) in [5.74, 6) is 1.83. The van der Waals surface area contributed by atoms with Crippen LogP contribution in [0.15, 0.2) is 160 Å². The van der Waals surface area contributed by atoms with E-state index in [9.17, 15) is 0 Å². The first-order chi connectivity index (χ1) is 23.8. The minimum Gasteiger partial charge on any atom is -0.456 e. The quantitative estimate of drug-likeness (QED) is 0.197. The number of nitrogens with zero attached hydrogens (tertiary/aromatic N) is 3. The van der Waals surface area contributed by atoms with Gasteiger partial charge in [0, 0.05) is 43.6 Å².